The van der Waals surface area contributed by atoms with Gasteiger partial charge in [0.1, 0.15) is 0 Å². The van der Waals surface area contributed by atoms with Crippen molar-refractivity contribution in [1.82, 2.24) is 25.2 Å². The third kappa shape index (κ3) is 3.42. The van der Waals surface area contributed by atoms with Crippen molar-refractivity contribution in [3.05, 3.63) is 41.7 Å². The molecule has 0 bridgehead atoms. The normalized spacial score (nSPS) is 15.7. The number of benzene rings is 1. The van der Waals surface area contributed by atoms with E-state index in [0.29, 0.717) is 18.2 Å². The Labute approximate surface area is 136 Å². The first-order valence-electron chi connectivity index (χ1n) is 8.03. The number of carbonyl (C=O) groups is 1. The molecule has 2 aromatic rings. The summed E-state index contributed by atoms with van der Waals surface area (Å²) < 4.78 is 1.81. The number of hydrogen-bond acceptors (Lipinski definition) is 4. The molecule has 0 radical (unpaired) electrons. The number of amides is 1. The van der Waals surface area contributed by atoms with Crippen molar-refractivity contribution in [3.63, 3.8) is 0 Å². The van der Waals surface area contributed by atoms with E-state index in [0.717, 1.165) is 24.2 Å². The van der Waals surface area contributed by atoms with Gasteiger partial charge in [0.25, 0.3) is 5.91 Å². The molecule has 6 nitrogen and oxygen atoms in total. The summed E-state index contributed by atoms with van der Waals surface area (Å²) in [5, 5.41) is 11.4. The Morgan fingerprint density at radius 2 is 2.04 bits per heavy atom. The van der Waals surface area contributed by atoms with Gasteiger partial charge in [-0.2, -0.15) is 0 Å². The summed E-state index contributed by atoms with van der Waals surface area (Å²) in [4.78, 5) is 14.6. The van der Waals surface area contributed by atoms with E-state index in [1.54, 1.807) is 0 Å². The number of rotatable bonds is 6. The highest BCUT2D eigenvalue weighted by Crippen LogP contribution is 2.41. The zero-order chi connectivity index (χ0) is 16.4. The molecule has 1 fully saturated rings. The first-order valence-corrected chi connectivity index (χ1v) is 8.03. The number of aromatic nitrogens is 3. The Morgan fingerprint density at radius 3 is 2.65 bits per heavy atom. The van der Waals surface area contributed by atoms with E-state index in [9.17, 15) is 4.79 Å². The second-order valence-electron chi connectivity index (χ2n) is 6.37. The highest BCUT2D eigenvalue weighted by atomic mass is 16.2. The number of carbonyl (C=O) groups excluding carboxylic acids is 1. The molecule has 1 N–H and O–H groups in total. The van der Waals surface area contributed by atoms with E-state index in [-0.39, 0.29) is 11.9 Å². The number of hydrogen-bond donors (Lipinski definition) is 1. The van der Waals surface area contributed by atoms with Gasteiger partial charge in [-0.25, -0.2) is 4.68 Å². The number of para-hydroxylation sites is 1. The molecular weight excluding hydrogens is 290 g/mol. The van der Waals surface area contributed by atoms with Crippen LogP contribution in [0.4, 0.5) is 0 Å². The summed E-state index contributed by atoms with van der Waals surface area (Å²) in [6, 6.07) is 10.1. The molecule has 1 aliphatic carbocycles. The van der Waals surface area contributed by atoms with Crippen LogP contribution in [0.15, 0.2) is 30.3 Å². The van der Waals surface area contributed by atoms with Crippen molar-refractivity contribution in [2.75, 3.05) is 20.6 Å². The van der Waals surface area contributed by atoms with Gasteiger partial charge in [0.15, 0.2) is 5.69 Å². The van der Waals surface area contributed by atoms with Gasteiger partial charge in [-0.1, -0.05) is 23.4 Å². The van der Waals surface area contributed by atoms with Crippen LogP contribution in [0.25, 0.3) is 5.69 Å². The van der Waals surface area contributed by atoms with Gasteiger partial charge in [-0.05, 0) is 46.0 Å². The number of nitrogens with zero attached hydrogens (tertiary/aromatic N) is 4. The first kappa shape index (κ1) is 15.7. The molecule has 0 spiro atoms. The second kappa shape index (κ2) is 6.50. The maximum absolute atomic E-state index is 12.5. The molecule has 1 aromatic carbocycles. The van der Waals surface area contributed by atoms with Gasteiger partial charge in [0.2, 0.25) is 0 Å². The van der Waals surface area contributed by atoms with Crippen molar-refractivity contribution in [3.8, 4) is 5.69 Å². The van der Waals surface area contributed by atoms with E-state index in [4.69, 9.17) is 0 Å². The van der Waals surface area contributed by atoms with Crippen LogP contribution >= 0.6 is 0 Å². The second-order valence-corrected chi connectivity index (χ2v) is 6.37. The molecule has 1 atom stereocenters. The van der Waals surface area contributed by atoms with Crippen molar-refractivity contribution in [2.45, 2.75) is 31.7 Å². The van der Waals surface area contributed by atoms with Crippen LogP contribution < -0.4 is 5.32 Å². The lowest BCUT2D eigenvalue weighted by atomic mass is 10.2. The summed E-state index contributed by atoms with van der Waals surface area (Å²) in [7, 11) is 4.00. The van der Waals surface area contributed by atoms with E-state index < -0.39 is 0 Å². The fourth-order valence-corrected chi connectivity index (χ4v) is 2.44. The first-order chi connectivity index (χ1) is 11.1. The quantitative estimate of drug-likeness (QED) is 0.883. The number of likely N-dealkylation sites (N-methyl/N-ethyl adjacent to an activating group) is 1. The van der Waals surface area contributed by atoms with E-state index in [1.807, 2.05) is 49.1 Å². The van der Waals surface area contributed by atoms with E-state index in [1.165, 1.54) is 0 Å². The minimum Gasteiger partial charge on any atom is -0.349 e. The van der Waals surface area contributed by atoms with Crippen LogP contribution in [-0.4, -0.2) is 52.5 Å². The predicted octanol–water partition coefficient (Wildman–Crippen LogP) is 1.82. The van der Waals surface area contributed by atoms with Crippen molar-refractivity contribution in [1.29, 1.82) is 0 Å². The van der Waals surface area contributed by atoms with Crippen molar-refractivity contribution < 1.29 is 4.79 Å². The Bertz CT molecular complexity index is 676. The molecule has 23 heavy (non-hydrogen) atoms. The van der Waals surface area contributed by atoms with Gasteiger partial charge in [-0.15, -0.1) is 5.10 Å². The molecule has 1 aliphatic rings. The maximum Gasteiger partial charge on any atom is 0.273 e. The topological polar surface area (TPSA) is 63.1 Å². The molecule has 1 saturated carbocycles. The molecule has 1 heterocycles. The largest absolute Gasteiger partial charge is 0.349 e. The standard InChI is InChI=1S/C17H23N5O/c1-12(21(2)3)11-18-17(23)15-16(13-9-10-13)22(20-19-15)14-7-5-4-6-8-14/h4-8,12-13H,9-11H2,1-3H3,(H,18,23). The minimum atomic E-state index is -0.136. The SMILES string of the molecule is CC(CNC(=O)c1nnn(-c2ccccc2)c1C1CC1)N(C)C. The lowest BCUT2D eigenvalue weighted by Gasteiger charge is -2.19. The molecule has 1 aromatic heterocycles. The Kier molecular flexibility index (Phi) is 4.43. The van der Waals surface area contributed by atoms with Gasteiger partial charge in [0.05, 0.1) is 11.4 Å². The van der Waals surface area contributed by atoms with Crippen molar-refractivity contribution >= 4 is 5.91 Å². The molecule has 0 aliphatic heterocycles. The summed E-state index contributed by atoms with van der Waals surface area (Å²) in [6.07, 6.45) is 2.18. The summed E-state index contributed by atoms with van der Waals surface area (Å²) in [5.41, 5.74) is 2.34. The predicted molar refractivity (Wildman–Crippen MR) is 88.8 cm³/mol. The molecule has 0 saturated heterocycles. The highest BCUT2D eigenvalue weighted by Gasteiger charge is 2.34. The average Bonchev–Trinajstić information content (AvgIpc) is 3.31. The molecule has 122 valence electrons. The van der Waals surface area contributed by atoms with Gasteiger partial charge >= 0.3 is 0 Å². The van der Waals surface area contributed by atoms with Gasteiger partial charge < -0.3 is 10.2 Å². The van der Waals surface area contributed by atoms with Crippen LogP contribution in [0.2, 0.25) is 0 Å². The zero-order valence-corrected chi connectivity index (χ0v) is 13.9. The van der Waals surface area contributed by atoms with E-state index in [2.05, 4.69) is 27.5 Å². The molecule has 3 rings (SSSR count). The summed E-state index contributed by atoms with van der Waals surface area (Å²) in [5.74, 6) is 0.250. The third-order valence-corrected chi connectivity index (χ3v) is 4.32. The van der Waals surface area contributed by atoms with Crippen LogP contribution in [0.5, 0.6) is 0 Å². The summed E-state index contributed by atoms with van der Waals surface area (Å²) in [6.45, 7) is 2.66. The molecular formula is C17H23N5O. The fourth-order valence-electron chi connectivity index (χ4n) is 2.44. The smallest absolute Gasteiger partial charge is 0.273 e. The summed E-state index contributed by atoms with van der Waals surface area (Å²) >= 11 is 0. The Hall–Kier alpha value is -2.21. The minimum absolute atomic E-state index is 0.136. The molecule has 1 amide bonds. The van der Waals surface area contributed by atoms with Gasteiger partial charge in [0, 0.05) is 18.5 Å². The maximum atomic E-state index is 12.5. The average molecular weight is 313 g/mol. The number of nitrogens with one attached hydrogen (secondary N) is 1. The fraction of sp³-hybridized carbons (Fsp3) is 0.471. The van der Waals surface area contributed by atoms with Crippen LogP contribution in [-0.2, 0) is 0 Å². The monoisotopic (exact) mass is 313 g/mol. The van der Waals surface area contributed by atoms with E-state index >= 15 is 0 Å². The lowest BCUT2D eigenvalue weighted by molar-refractivity contribution is 0.0937. The Balaban J connectivity index is 1.83. The van der Waals surface area contributed by atoms with Crippen LogP contribution in [0, 0.1) is 0 Å². The highest BCUT2D eigenvalue weighted by molar-refractivity contribution is 5.93. The molecule has 1 unspecified atom stereocenters. The molecule has 6 heteroatoms. The lowest BCUT2D eigenvalue weighted by Crippen LogP contribution is -2.38. The van der Waals surface area contributed by atoms with Crippen LogP contribution in [0.1, 0.15) is 41.9 Å². The third-order valence-electron chi connectivity index (χ3n) is 4.32. The van der Waals surface area contributed by atoms with Gasteiger partial charge in [-0.3, -0.25) is 4.79 Å². The van der Waals surface area contributed by atoms with Crippen molar-refractivity contribution in [2.24, 2.45) is 0 Å². The van der Waals surface area contributed by atoms with Crippen LogP contribution in [0.3, 0.4) is 0 Å². The Morgan fingerprint density at radius 1 is 1.35 bits per heavy atom. The zero-order valence-electron chi connectivity index (χ0n) is 13.9.